The summed E-state index contributed by atoms with van der Waals surface area (Å²) in [4.78, 5) is 39.8. The molecule has 1 aliphatic rings. The van der Waals surface area contributed by atoms with Gasteiger partial charge in [0.2, 0.25) is 0 Å². The van der Waals surface area contributed by atoms with E-state index in [4.69, 9.17) is 16.3 Å². The number of rotatable bonds is 9. The van der Waals surface area contributed by atoms with Gasteiger partial charge < -0.3 is 19.9 Å². The number of nitrogens with one attached hydrogen (secondary N) is 1. The summed E-state index contributed by atoms with van der Waals surface area (Å²) in [5.41, 5.74) is 1.30. The molecule has 0 radical (unpaired) electrons. The summed E-state index contributed by atoms with van der Waals surface area (Å²) in [6.45, 7) is 9.36. The van der Waals surface area contributed by atoms with Crippen molar-refractivity contribution in [3.63, 3.8) is 0 Å². The Morgan fingerprint density at radius 2 is 2.03 bits per heavy atom. The van der Waals surface area contributed by atoms with Gasteiger partial charge in [-0.3, -0.25) is 14.4 Å². The number of halogens is 1. The van der Waals surface area contributed by atoms with Crippen LogP contribution in [0.15, 0.2) is 18.2 Å². The van der Waals surface area contributed by atoms with Crippen LogP contribution >= 0.6 is 23.4 Å². The zero-order chi connectivity index (χ0) is 24.8. The monoisotopic (exact) mass is 496 g/mol. The maximum Gasteiger partial charge on any atom is 0.373 e. The molecule has 1 saturated heterocycles. The van der Waals surface area contributed by atoms with Crippen molar-refractivity contribution in [3.05, 3.63) is 34.3 Å². The molecule has 1 aromatic rings. The standard InChI is InChI=1S/C23H34BClN2O5S/c1-15(28)32-21(23(2,3)4)22(30)27-10-11-33-14-19(27)20(29)9-7-16-12-18(25)8-6-17(16)13-26-24(5)31/h6,8,12,19,21,26,31H,7,9-11,13-14H2,1-5H3/t19-,21-/m0/s1. The van der Waals surface area contributed by atoms with E-state index in [1.165, 1.54) is 6.92 Å². The van der Waals surface area contributed by atoms with Crippen molar-refractivity contribution in [1.29, 1.82) is 0 Å². The summed E-state index contributed by atoms with van der Waals surface area (Å²) in [7, 11) is -0.651. The average molecular weight is 497 g/mol. The number of carbonyl (C=O) groups excluding carboxylic acids is 3. The third-order valence-electron chi connectivity index (χ3n) is 5.47. The Kier molecular flexibility index (Phi) is 10.3. The molecule has 2 atom stereocenters. The van der Waals surface area contributed by atoms with Crippen LogP contribution in [0.25, 0.3) is 0 Å². The SMILES string of the molecule is CB(O)NCc1ccc(Cl)cc1CCC(=O)[C@@H]1CSCCN1C(=O)[C@H](OC(C)=O)C(C)(C)C. The van der Waals surface area contributed by atoms with Gasteiger partial charge in [-0.1, -0.05) is 38.4 Å². The first-order chi connectivity index (χ1) is 15.4. The van der Waals surface area contributed by atoms with Crippen molar-refractivity contribution < 1.29 is 24.1 Å². The van der Waals surface area contributed by atoms with Crippen molar-refractivity contribution in [1.82, 2.24) is 10.1 Å². The van der Waals surface area contributed by atoms with Crippen LogP contribution in [0.2, 0.25) is 11.8 Å². The van der Waals surface area contributed by atoms with Crippen LogP contribution in [-0.4, -0.2) is 64.8 Å². The van der Waals surface area contributed by atoms with Crippen molar-refractivity contribution in [3.8, 4) is 0 Å². The highest BCUT2D eigenvalue weighted by atomic mass is 35.5. The van der Waals surface area contributed by atoms with E-state index in [0.29, 0.717) is 30.3 Å². The van der Waals surface area contributed by atoms with E-state index >= 15 is 0 Å². The molecule has 1 fully saturated rings. The van der Waals surface area contributed by atoms with Crippen LogP contribution < -0.4 is 5.23 Å². The molecule has 0 aliphatic carbocycles. The van der Waals surface area contributed by atoms with Gasteiger partial charge in [-0.05, 0) is 36.5 Å². The molecule has 0 spiro atoms. The molecule has 1 aromatic carbocycles. The van der Waals surface area contributed by atoms with Gasteiger partial charge in [-0.2, -0.15) is 11.8 Å². The van der Waals surface area contributed by atoms with Crippen molar-refractivity contribution in [2.45, 2.75) is 66.1 Å². The lowest BCUT2D eigenvalue weighted by Crippen LogP contribution is -2.56. The number of esters is 1. The van der Waals surface area contributed by atoms with E-state index in [0.717, 1.165) is 16.9 Å². The molecular weight excluding hydrogens is 463 g/mol. The van der Waals surface area contributed by atoms with Gasteiger partial charge in [0.15, 0.2) is 11.9 Å². The number of Topliss-reactive ketones (excluding diaryl/α,β-unsaturated/α-hetero) is 1. The number of aryl methyl sites for hydroxylation is 1. The van der Waals surface area contributed by atoms with Gasteiger partial charge in [0.05, 0.1) is 6.04 Å². The van der Waals surface area contributed by atoms with Gasteiger partial charge in [-0.25, -0.2) is 0 Å². The van der Waals surface area contributed by atoms with E-state index in [1.54, 1.807) is 29.6 Å². The minimum absolute atomic E-state index is 0.0274. The predicted octanol–water partition coefficient (Wildman–Crippen LogP) is 2.96. The quantitative estimate of drug-likeness (QED) is 0.401. The highest BCUT2D eigenvalue weighted by Crippen LogP contribution is 2.28. The van der Waals surface area contributed by atoms with E-state index < -0.39 is 30.6 Å². The lowest BCUT2D eigenvalue weighted by molar-refractivity contribution is -0.167. The smallest absolute Gasteiger partial charge is 0.373 e. The van der Waals surface area contributed by atoms with Crippen LogP contribution in [-0.2, 0) is 32.1 Å². The highest BCUT2D eigenvalue weighted by Gasteiger charge is 2.41. The summed E-state index contributed by atoms with van der Waals surface area (Å²) in [6.07, 6.45) is -0.212. The van der Waals surface area contributed by atoms with Gasteiger partial charge in [0, 0.05) is 48.4 Å². The molecule has 0 saturated carbocycles. The fourth-order valence-electron chi connectivity index (χ4n) is 3.73. The Hall–Kier alpha value is -1.55. The number of amides is 1. The summed E-state index contributed by atoms with van der Waals surface area (Å²) >= 11 is 7.82. The minimum Gasteiger partial charge on any atom is -0.452 e. The molecular formula is C23H34BClN2O5S. The fourth-order valence-corrected chi connectivity index (χ4v) is 5.01. The number of nitrogens with zero attached hydrogens (tertiary/aromatic N) is 1. The second-order valence-corrected chi connectivity index (χ2v) is 11.0. The van der Waals surface area contributed by atoms with Gasteiger partial charge in [0.1, 0.15) is 0 Å². The molecule has 0 aromatic heterocycles. The van der Waals surface area contributed by atoms with Crippen molar-refractivity contribution >= 4 is 48.1 Å². The molecule has 2 N–H and O–H groups in total. The normalized spacial score (nSPS) is 17.4. The highest BCUT2D eigenvalue weighted by molar-refractivity contribution is 7.99. The van der Waals surface area contributed by atoms with Crippen LogP contribution in [0.5, 0.6) is 0 Å². The Labute approximate surface area is 206 Å². The second kappa shape index (κ2) is 12.2. The molecule has 7 nitrogen and oxygen atoms in total. The molecule has 1 heterocycles. The van der Waals surface area contributed by atoms with Crippen LogP contribution in [0.3, 0.4) is 0 Å². The number of carbonyl (C=O) groups is 3. The Bertz CT molecular complexity index is 862. The molecule has 182 valence electrons. The summed E-state index contributed by atoms with van der Waals surface area (Å²) in [5.74, 6) is 0.391. The maximum atomic E-state index is 13.4. The van der Waals surface area contributed by atoms with Gasteiger partial charge >= 0.3 is 13.0 Å². The predicted molar refractivity (Wildman–Crippen MR) is 133 cm³/mol. The van der Waals surface area contributed by atoms with Gasteiger partial charge in [-0.15, -0.1) is 0 Å². The van der Waals surface area contributed by atoms with Crippen LogP contribution in [0.1, 0.15) is 45.2 Å². The number of hydrogen-bond acceptors (Lipinski definition) is 7. The van der Waals surface area contributed by atoms with E-state index in [1.807, 2.05) is 32.9 Å². The number of thioether (sulfide) groups is 1. The van der Waals surface area contributed by atoms with E-state index in [2.05, 4.69) is 5.23 Å². The first-order valence-corrected chi connectivity index (χ1v) is 12.7. The first kappa shape index (κ1) is 27.7. The Morgan fingerprint density at radius 3 is 2.64 bits per heavy atom. The molecule has 1 aliphatic heterocycles. The molecule has 0 unspecified atom stereocenters. The number of hydrogen-bond donors (Lipinski definition) is 2. The Morgan fingerprint density at radius 1 is 1.33 bits per heavy atom. The summed E-state index contributed by atoms with van der Waals surface area (Å²) in [6, 6.07) is 4.95. The zero-order valence-electron chi connectivity index (χ0n) is 20.0. The molecule has 0 bridgehead atoms. The van der Waals surface area contributed by atoms with E-state index in [9.17, 15) is 19.4 Å². The lowest BCUT2D eigenvalue weighted by atomic mass is 9.87. The largest absolute Gasteiger partial charge is 0.452 e. The van der Waals surface area contributed by atoms with Crippen molar-refractivity contribution in [2.24, 2.45) is 5.41 Å². The summed E-state index contributed by atoms with van der Waals surface area (Å²) < 4.78 is 5.37. The zero-order valence-corrected chi connectivity index (χ0v) is 21.6. The minimum atomic E-state index is -0.945. The lowest BCUT2D eigenvalue weighted by Gasteiger charge is -2.39. The second-order valence-electron chi connectivity index (χ2n) is 9.41. The fraction of sp³-hybridized carbons (Fsp3) is 0.609. The summed E-state index contributed by atoms with van der Waals surface area (Å²) in [5, 5.41) is 13.1. The Balaban J connectivity index is 2.15. The number of ether oxygens (including phenoxy) is 1. The first-order valence-electron chi connectivity index (χ1n) is 11.2. The molecule has 10 heteroatoms. The molecule has 2 rings (SSSR count). The third-order valence-corrected chi connectivity index (χ3v) is 6.73. The number of benzene rings is 1. The van der Waals surface area contributed by atoms with Crippen LogP contribution in [0.4, 0.5) is 0 Å². The average Bonchev–Trinajstić information content (AvgIpc) is 2.73. The maximum absolute atomic E-state index is 13.4. The molecule has 33 heavy (non-hydrogen) atoms. The van der Waals surface area contributed by atoms with Gasteiger partial charge in [0.25, 0.3) is 5.91 Å². The number of ketones is 1. The van der Waals surface area contributed by atoms with E-state index in [-0.39, 0.29) is 18.1 Å². The van der Waals surface area contributed by atoms with Crippen molar-refractivity contribution in [2.75, 3.05) is 18.1 Å². The molecule has 1 amide bonds. The topological polar surface area (TPSA) is 95.9 Å². The van der Waals surface area contributed by atoms with Crippen LogP contribution in [0, 0.1) is 5.41 Å². The third kappa shape index (κ3) is 8.32.